The summed E-state index contributed by atoms with van der Waals surface area (Å²) in [5.41, 5.74) is 7.54. The molecule has 3 N–H and O–H groups in total. The summed E-state index contributed by atoms with van der Waals surface area (Å²) in [6, 6.07) is 8.49. The molecule has 0 bridgehead atoms. The van der Waals surface area contributed by atoms with Gasteiger partial charge < -0.3 is 15.8 Å². The lowest BCUT2D eigenvalue weighted by molar-refractivity contribution is 0.317. The Labute approximate surface area is 116 Å². The van der Waals surface area contributed by atoms with Crippen molar-refractivity contribution in [2.24, 2.45) is 10.9 Å². The maximum Gasteiger partial charge on any atom is 0.140 e. The lowest BCUT2D eigenvalue weighted by atomic mass is 10.2. The van der Waals surface area contributed by atoms with Crippen LogP contribution in [-0.4, -0.2) is 33.8 Å². The second kappa shape index (κ2) is 5.32. The van der Waals surface area contributed by atoms with Gasteiger partial charge in [-0.1, -0.05) is 23.4 Å². The molecule has 0 amide bonds. The molecule has 3 rings (SSSR count). The van der Waals surface area contributed by atoms with Crippen molar-refractivity contribution in [1.82, 2.24) is 10.2 Å². The van der Waals surface area contributed by atoms with Crippen molar-refractivity contribution in [3.63, 3.8) is 0 Å². The number of rotatable bonds is 5. The van der Waals surface area contributed by atoms with E-state index in [0.717, 1.165) is 23.1 Å². The summed E-state index contributed by atoms with van der Waals surface area (Å²) in [5, 5.41) is 21.0. The zero-order valence-corrected chi connectivity index (χ0v) is 11.1. The fraction of sp³-hybridized carbons (Fsp3) is 0.357. The van der Waals surface area contributed by atoms with Crippen molar-refractivity contribution < 1.29 is 5.21 Å². The number of fused-ring (bicyclic) bond motifs is 1. The molecule has 1 heterocycles. The maximum atomic E-state index is 8.67. The summed E-state index contributed by atoms with van der Waals surface area (Å²) in [6.07, 6.45) is 4.68. The van der Waals surface area contributed by atoms with E-state index in [1.807, 2.05) is 18.2 Å². The molecule has 0 radical (unpaired) electrons. The summed E-state index contributed by atoms with van der Waals surface area (Å²) >= 11 is 0. The van der Waals surface area contributed by atoms with Crippen LogP contribution in [0.4, 0.5) is 5.69 Å². The zero-order chi connectivity index (χ0) is 13.9. The van der Waals surface area contributed by atoms with Crippen LogP contribution < -0.4 is 10.6 Å². The third-order valence-electron chi connectivity index (χ3n) is 3.56. The highest BCUT2D eigenvalue weighted by Gasteiger charge is 2.30. The van der Waals surface area contributed by atoms with Gasteiger partial charge in [0.15, 0.2) is 0 Å². The molecule has 2 aromatic rings. The van der Waals surface area contributed by atoms with Gasteiger partial charge in [0.25, 0.3) is 0 Å². The highest BCUT2D eigenvalue weighted by Crippen LogP contribution is 2.34. The van der Waals surface area contributed by atoms with Crippen LogP contribution in [-0.2, 0) is 0 Å². The number of oxime groups is 1. The van der Waals surface area contributed by atoms with E-state index in [1.54, 1.807) is 6.20 Å². The molecule has 0 saturated heterocycles. The molecule has 0 spiro atoms. The summed E-state index contributed by atoms with van der Waals surface area (Å²) in [7, 11) is 0. The highest BCUT2D eigenvalue weighted by atomic mass is 16.4. The predicted octanol–water partition coefficient (Wildman–Crippen LogP) is 1.74. The van der Waals surface area contributed by atoms with E-state index in [4.69, 9.17) is 10.9 Å². The van der Waals surface area contributed by atoms with Gasteiger partial charge in [0.1, 0.15) is 5.84 Å². The third kappa shape index (κ3) is 2.49. The Morgan fingerprint density at radius 2 is 2.20 bits per heavy atom. The van der Waals surface area contributed by atoms with Gasteiger partial charge in [-0.05, 0) is 18.9 Å². The van der Waals surface area contributed by atoms with E-state index >= 15 is 0 Å². The number of hydrogen-bond donors (Lipinski definition) is 2. The second-order valence-corrected chi connectivity index (χ2v) is 5.01. The molecular weight excluding hydrogens is 254 g/mol. The molecule has 1 saturated carbocycles. The van der Waals surface area contributed by atoms with Crippen LogP contribution in [0.5, 0.6) is 0 Å². The van der Waals surface area contributed by atoms with E-state index in [9.17, 15) is 0 Å². The lowest BCUT2D eigenvalue weighted by Gasteiger charge is -2.25. The van der Waals surface area contributed by atoms with Crippen molar-refractivity contribution in [2.45, 2.75) is 25.3 Å². The Balaban J connectivity index is 1.93. The number of nitrogens with two attached hydrogens (primary N) is 1. The molecule has 0 aliphatic heterocycles. The fourth-order valence-electron chi connectivity index (χ4n) is 2.39. The highest BCUT2D eigenvalue weighted by molar-refractivity contribution is 5.91. The van der Waals surface area contributed by atoms with Gasteiger partial charge in [-0.3, -0.25) is 0 Å². The Kier molecular flexibility index (Phi) is 3.37. The van der Waals surface area contributed by atoms with Crippen molar-refractivity contribution in [1.29, 1.82) is 0 Å². The largest absolute Gasteiger partial charge is 0.409 e. The number of benzene rings is 1. The van der Waals surface area contributed by atoms with Gasteiger partial charge in [-0.15, -0.1) is 0 Å². The molecule has 20 heavy (non-hydrogen) atoms. The average Bonchev–Trinajstić information content (AvgIpc) is 3.32. The topological polar surface area (TPSA) is 87.6 Å². The first-order valence-corrected chi connectivity index (χ1v) is 6.73. The molecule has 6 nitrogen and oxygen atoms in total. The normalized spacial score (nSPS) is 15.5. The summed E-state index contributed by atoms with van der Waals surface area (Å²) in [5.74, 6) is 0.252. The molecule has 1 aliphatic rings. The predicted molar refractivity (Wildman–Crippen MR) is 77.9 cm³/mol. The van der Waals surface area contributed by atoms with E-state index in [2.05, 4.69) is 26.3 Å². The smallest absolute Gasteiger partial charge is 0.140 e. The number of hydrogen-bond acceptors (Lipinski definition) is 5. The van der Waals surface area contributed by atoms with Gasteiger partial charge in [0, 0.05) is 24.4 Å². The maximum absolute atomic E-state index is 8.67. The zero-order valence-electron chi connectivity index (χ0n) is 11.1. The monoisotopic (exact) mass is 271 g/mol. The average molecular weight is 271 g/mol. The number of anilines is 1. The number of nitrogens with zero attached hydrogens (tertiary/aromatic N) is 4. The quantitative estimate of drug-likeness (QED) is 0.374. The van der Waals surface area contributed by atoms with Crippen LogP contribution in [0.25, 0.3) is 10.9 Å². The summed E-state index contributed by atoms with van der Waals surface area (Å²) in [6.45, 7) is 0.718. The van der Waals surface area contributed by atoms with Crippen molar-refractivity contribution in [2.75, 3.05) is 11.4 Å². The first-order chi connectivity index (χ1) is 9.79. The molecule has 0 atom stereocenters. The summed E-state index contributed by atoms with van der Waals surface area (Å²) in [4.78, 5) is 2.29. The molecule has 0 unspecified atom stereocenters. The minimum atomic E-state index is 0.252. The van der Waals surface area contributed by atoms with E-state index in [1.165, 1.54) is 12.8 Å². The van der Waals surface area contributed by atoms with Gasteiger partial charge in [0.05, 0.1) is 17.4 Å². The standard InChI is InChI=1S/C14H17N5O/c15-14(18-20)7-8-19(10-5-6-10)13-9-16-17-12-4-2-1-3-11(12)13/h1-4,9-10,20H,5-8H2,(H2,15,18). The van der Waals surface area contributed by atoms with E-state index in [-0.39, 0.29) is 5.84 Å². The molecule has 1 aromatic heterocycles. The minimum absolute atomic E-state index is 0.252. The van der Waals surface area contributed by atoms with Gasteiger partial charge in [-0.25, -0.2) is 0 Å². The van der Waals surface area contributed by atoms with E-state index < -0.39 is 0 Å². The van der Waals surface area contributed by atoms with Crippen molar-refractivity contribution >= 4 is 22.4 Å². The molecule has 1 aromatic carbocycles. The van der Waals surface area contributed by atoms with Crippen LogP contribution in [0.3, 0.4) is 0 Å². The Bertz CT molecular complexity index is 633. The van der Waals surface area contributed by atoms with Crippen LogP contribution in [0.2, 0.25) is 0 Å². The number of amidine groups is 1. The molecule has 1 aliphatic carbocycles. The fourth-order valence-corrected chi connectivity index (χ4v) is 2.39. The van der Waals surface area contributed by atoms with Gasteiger partial charge in [0.2, 0.25) is 0 Å². The Morgan fingerprint density at radius 3 is 2.95 bits per heavy atom. The Morgan fingerprint density at radius 1 is 1.40 bits per heavy atom. The third-order valence-corrected chi connectivity index (χ3v) is 3.56. The van der Waals surface area contributed by atoms with E-state index in [0.29, 0.717) is 12.5 Å². The first-order valence-electron chi connectivity index (χ1n) is 6.73. The van der Waals surface area contributed by atoms with Crippen LogP contribution in [0.1, 0.15) is 19.3 Å². The van der Waals surface area contributed by atoms with Crippen molar-refractivity contribution in [3.8, 4) is 0 Å². The first kappa shape index (κ1) is 12.7. The Hall–Kier alpha value is -2.37. The SMILES string of the molecule is NC(CCN(c1cnnc2ccccc12)C1CC1)=NO. The van der Waals surface area contributed by atoms with Crippen LogP contribution in [0.15, 0.2) is 35.6 Å². The lowest BCUT2D eigenvalue weighted by Crippen LogP contribution is -2.30. The molecule has 104 valence electrons. The van der Waals surface area contributed by atoms with Gasteiger partial charge >= 0.3 is 0 Å². The minimum Gasteiger partial charge on any atom is -0.409 e. The van der Waals surface area contributed by atoms with Crippen molar-refractivity contribution in [3.05, 3.63) is 30.5 Å². The van der Waals surface area contributed by atoms with Crippen LogP contribution >= 0.6 is 0 Å². The number of aromatic nitrogens is 2. The molecule has 1 fully saturated rings. The van der Waals surface area contributed by atoms with Gasteiger partial charge in [-0.2, -0.15) is 10.2 Å². The second-order valence-electron chi connectivity index (χ2n) is 5.01. The summed E-state index contributed by atoms with van der Waals surface area (Å²) < 4.78 is 0. The molecule has 6 heteroatoms. The molecular formula is C14H17N5O. The van der Waals surface area contributed by atoms with Crippen LogP contribution in [0, 0.1) is 0 Å².